The fraction of sp³-hybridized carbons (Fsp3) is 0.409. The number of ether oxygens (including phenoxy) is 1. The number of halogens is 3. The van der Waals surface area contributed by atoms with Crippen LogP contribution < -0.4 is 4.74 Å². The molecular formula is C22H23F3OS. The molecule has 0 aromatic heterocycles. The van der Waals surface area contributed by atoms with Crippen LogP contribution in [0.1, 0.15) is 62.5 Å². The lowest BCUT2D eigenvalue weighted by molar-refractivity contribution is 0.308. The van der Waals surface area contributed by atoms with Gasteiger partial charge in [0, 0.05) is 17.7 Å². The van der Waals surface area contributed by atoms with E-state index in [4.69, 9.17) is 17.0 Å². The van der Waals surface area contributed by atoms with E-state index in [9.17, 15) is 13.2 Å². The Kier molecular flexibility index (Phi) is 6.53. The monoisotopic (exact) mass is 392 g/mol. The topological polar surface area (TPSA) is 9.23 Å². The van der Waals surface area contributed by atoms with Crippen LogP contribution in [0.3, 0.4) is 0 Å². The van der Waals surface area contributed by atoms with Gasteiger partial charge in [-0.05, 0) is 55.3 Å². The molecule has 0 amide bonds. The van der Waals surface area contributed by atoms with Crippen LogP contribution >= 0.6 is 12.2 Å². The van der Waals surface area contributed by atoms with Gasteiger partial charge >= 0.3 is 0 Å². The molecule has 0 atom stereocenters. The molecule has 0 bridgehead atoms. The third-order valence-corrected chi connectivity index (χ3v) is 5.65. The summed E-state index contributed by atoms with van der Waals surface area (Å²) in [6, 6.07) is 9.39. The molecule has 0 heterocycles. The molecule has 5 heteroatoms. The van der Waals surface area contributed by atoms with Crippen LogP contribution in [0.25, 0.3) is 0 Å². The zero-order chi connectivity index (χ0) is 19.4. The van der Waals surface area contributed by atoms with E-state index in [1.165, 1.54) is 44.1 Å². The van der Waals surface area contributed by atoms with E-state index in [1.54, 1.807) is 0 Å². The third kappa shape index (κ3) is 4.89. The van der Waals surface area contributed by atoms with Crippen LogP contribution in [-0.4, -0.2) is 5.05 Å². The summed E-state index contributed by atoms with van der Waals surface area (Å²) in [6.07, 6.45) is 7.55. The highest BCUT2D eigenvalue weighted by atomic mass is 32.1. The molecule has 2 aromatic carbocycles. The van der Waals surface area contributed by atoms with Crippen molar-refractivity contribution in [1.82, 2.24) is 0 Å². The quantitative estimate of drug-likeness (QED) is 0.403. The normalized spacial score (nSPS) is 19.7. The SMILES string of the molecule is CCCC1CCC(c2ccc(C(=S)Oc3cc(F)c(F)c(F)c3)cc2)CC1. The first-order valence-electron chi connectivity index (χ1n) is 9.44. The molecular weight excluding hydrogens is 369 g/mol. The molecule has 27 heavy (non-hydrogen) atoms. The van der Waals surface area contributed by atoms with Gasteiger partial charge in [-0.25, -0.2) is 13.2 Å². The molecule has 2 aromatic rings. The molecule has 0 unspecified atom stereocenters. The Hall–Kier alpha value is -1.88. The average molecular weight is 392 g/mol. The maximum atomic E-state index is 13.3. The second kappa shape index (κ2) is 8.87. The molecule has 1 saturated carbocycles. The number of thiocarbonyl (C=S) groups is 1. The summed E-state index contributed by atoms with van der Waals surface area (Å²) in [5.74, 6) is -2.85. The molecule has 1 nitrogen and oxygen atoms in total. The van der Waals surface area contributed by atoms with Gasteiger partial charge in [-0.15, -0.1) is 0 Å². The van der Waals surface area contributed by atoms with E-state index in [0.717, 1.165) is 18.1 Å². The van der Waals surface area contributed by atoms with Gasteiger partial charge in [0.25, 0.3) is 0 Å². The van der Waals surface area contributed by atoms with Crippen molar-refractivity contribution in [2.45, 2.75) is 51.4 Å². The van der Waals surface area contributed by atoms with Crippen molar-refractivity contribution in [3.05, 3.63) is 65.0 Å². The maximum absolute atomic E-state index is 13.3. The standard InChI is InChI=1S/C22H23F3OS/c1-2-3-14-4-6-15(7-5-14)16-8-10-17(11-9-16)22(27)26-18-12-19(23)21(25)20(24)13-18/h8-15H,2-7H2,1H3. The second-order valence-corrected chi connectivity index (χ2v) is 7.59. The highest BCUT2D eigenvalue weighted by Crippen LogP contribution is 2.37. The molecule has 0 spiro atoms. The van der Waals surface area contributed by atoms with Crippen LogP contribution in [-0.2, 0) is 0 Å². The predicted octanol–water partition coefficient (Wildman–Crippen LogP) is 6.93. The van der Waals surface area contributed by atoms with Crippen LogP contribution in [0, 0.1) is 23.4 Å². The van der Waals surface area contributed by atoms with Crippen LogP contribution in [0.4, 0.5) is 13.2 Å². The van der Waals surface area contributed by atoms with Gasteiger partial charge in [0.15, 0.2) is 22.5 Å². The van der Waals surface area contributed by atoms with Gasteiger partial charge in [0.2, 0.25) is 0 Å². The van der Waals surface area contributed by atoms with Crippen molar-refractivity contribution in [2.75, 3.05) is 0 Å². The van der Waals surface area contributed by atoms with Gasteiger partial charge in [-0.1, -0.05) is 44.0 Å². The Morgan fingerprint density at radius 2 is 1.59 bits per heavy atom. The lowest BCUT2D eigenvalue weighted by atomic mass is 9.77. The minimum Gasteiger partial charge on any atom is -0.445 e. The van der Waals surface area contributed by atoms with Crippen LogP contribution in [0.2, 0.25) is 0 Å². The Bertz CT molecular complexity index is 773. The van der Waals surface area contributed by atoms with Gasteiger partial charge in [0.05, 0.1) is 0 Å². The van der Waals surface area contributed by atoms with E-state index in [-0.39, 0.29) is 10.8 Å². The lowest BCUT2D eigenvalue weighted by Gasteiger charge is -2.28. The summed E-state index contributed by atoms with van der Waals surface area (Å²) in [4.78, 5) is 0. The van der Waals surface area contributed by atoms with Crippen molar-refractivity contribution in [3.63, 3.8) is 0 Å². The average Bonchev–Trinajstić information content (AvgIpc) is 2.67. The summed E-state index contributed by atoms with van der Waals surface area (Å²) in [7, 11) is 0. The van der Waals surface area contributed by atoms with Crippen molar-refractivity contribution in [3.8, 4) is 5.75 Å². The van der Waals surface area contributed by atoms with Crippen molar-refractivity contribution in [1.29, 1.82) is 0 Å². The number of benzene rings is 2. The number of hydrogen-bond donors (Lipinski definition) is 0. The summed E-state index contributed by atoms with van der Waals surface area (Å²) < 4.78 is 44.9. The minimum absolute atomic E-state index is 0.0959. The molecule has 3 rings (SSSR count). The van der Waals surface area contributed by atoms with Crippen molar-refractivity contribution < 1.29 is 17.9 Å². The van der Waals surface area contributed by atoms with E-state index < -0.39 is 17.5 Å². The summed E-state index contributed by atoms with van der Waals surface area (Å²) in [5, 5.41) is 0.0959. The molecule has 0 radical (unpaired) electrons. The van der Waals surface area contributed by atoms with Crippen LogP contribution in [0.5, 0.6) is 5.75 Å². The van der Waals surface area contributed by atoms with E-state index in [0.29, 0.717) is 11.5 Å². The summed E-state index contributed by atoms with van der Waals surface area (Å²) >= 11 is 5.21. The molecule has 0 N–H and O–H groups in total. The van der Waals surface area contributed by atoms with E-state index in [2.05, 4.69) is 6.92 Å². The van der Waals surface area contributed by atoms with Gasteiger partial charge in [0.1, 0.15) is 5.75 Å². The lowest BCUT2D eigenvalue weighted by Crippen LogP contribution is -2.13. The molecule has 1 fully saturated rings. The van der Waals surface area contributed by atoms with Gasteiger partial charge in [-0.2, -0.15) is 0 Å². The third-order valence-electron chi connectivity index (χ3n) is 5.33. The Morgan fingerprint density at radius 1 is 1.00 bits per heavy atom. The van der Waals surface area contributed by atoms with Gasteiger partial charge < -0.3 is 4.74 Å². The van der Waals surface area contributed by atoms with Crippen molar-refractivity contribution >= 4 is 17.3 Å². The second-order valence-electron chi connectivity index (χ2n) is 7.22. The molecule has 0 saturated heterocycles. The molecule has 0 aliphatic heterocycles. The molecule has 144 valence electrons. The number of hydrogen-bond acceptors (Lipinski definition) is 2. The van der Waals surface area contributed by atoms with Gasteiger partial charge in [-0.3, -0.25) is 0 Å². The number of rotatable bonds is 5. The predicted molar refractivity (Wildman–Crippen MR) is 105 cm³/mol. The van der Waals surface area contributed by atoms with E-state index >= 15 is 0 Å². The first kappa shape index (κ1) is 19.9. The Morgan fingerprint density at radius 3 is 2.15 bits per heavy atom. The Balaban J connectivity index is 1.62. The zero-order valence-corrected chi connectivity index (χ0v) is 16.1. The fourth-order valence-electron chi connectivity index (χ4n) is 3.84. The highest BCUT2D eigenvalue weighted by Gasteiger charge is 2.22. The van der Waals surface area contributed by atoms with Crippen LogP contribution in [0.15, 0.2) is 36.4 Å². The zero-order valence-electron chi connectivity index (χ0n) is 15.3. The summed E-state index contributed by atoms with van der Waals surface area (Å²) in [5.41, 5.74) is 1.94. The van der Waals surface area contributed by atoms with E-state index in [1.807, 2.05) is 24.3 Å². The molecule has 1 aliphatic carbocycles. The largest absolute Gasteiger partial charge is 0.445 e. The first-order chi connectivity index (χ1) is 13.0. The highest BCUT2D eigenvalue weighted by molar-refractivity contribution is 7.80. The van der Waals surface area contributed by atoms with Crippen molar-refractivity contribution in [2.24, 2.45) is 5.92 Å². The Labute approximate surface area is 163 Å². The first-order valence-corrected chi connectivity index (χ1v) is 9.85. The molecule has 1 aliphatic rings. The summed E-state index contributed by atoms with van der Waals surface area (Å²) in [6.45, 7) is 2.24. The fourth-order valence-corrected chi connectivity index (χ4v) is 4.07. The smallest absolute Gasteiger partial charge is 0.198 e. The maximum Gasteiger partial charge on any atom is 0.198 e. The minimum atomic E-state index is -1.52.